The fourth-order valence-electron chi connectivity index (χ4n) is 2.62. The number of rotatable bonds is 7. The highest BCUT2D eigenvalue weighted by Gasteiger charge is 2.27. The number of benzene rings is 2. The summed E-state index contributed by atoms with van der Waals surface area (Å²) in [5.74, 6) is 0. The predicted octanol–water partition coefficient (Wildman–Crippen LogP) is 2.09. The molecule has 0 saturated heterocycles. The molecule has 2 rings (SSSR count). The number of hydrogen-bond donors (Lipinski definition) is 2. The summed E-state index contributed by atoms with van der Waals surface area (Å²) in [6.07, 6.45) is 2.55. The van der Waals surface area contributed by atoms with Gasteiger partial charge in [-0.15, -0.1) is 0 Å². The normalized spacial score (nSPS) is 15.1. The van der Waals surface area contributed by atoms with Crippen molar-refractivity contribution in [2.75, 3.05) is 0 Å². The van der Waals surface area contributed by atoms with Gasteiger partial charge in [-0.05, 0) is 30.4 Å². The molecule has 2 aromatic carbocycles. The second-order valence-electron chi connectivity index (χ2n) is 5.67. The van der Waals surface area contributed by atoms with E-state index in [1.807, 2.05) is 60.7 Å². The molecule has 0 saturated carbocycles. The summed E-state index contributed by atoms with van der Waals surface area (Å²) in [7, 11) is 0. The van der Waals surface area contributed by atoms with Crippen LogP contribution in [0.25, 0.3) is 0 Å². The Kier molecular flexibility index (Phi) is 5.26. The molecule has 0 radical (unpaired) electrons. The molecule has 0 fully saturated rings. The third-order valence-electron chi connectivity index (χ3n) is 3.59. The van der Waals surface area contributed by atoms with Crippen molar-refractivity contribution in [2.45, 2.75) is 30.8 Å². The summed E-state index contributed by atoms with van der Waals surface area (Å²) in [6, 6.07) is 19.7. The van der Waals surface area contributed by atoms with E-state index in [2.05, 4.69) is 0 Å². The molecule has 0 aliphatic carbocycles. The molecule has 0 aromatic heterocycles. The van der Waals surface area contributed by atoms with E-state index in [-0.39, 0.29) is 6.04 Å². The van der Waals surface area contributed by atoms with Gasteiger partial charge in [0.15, 0.2) is 0 Å². The van der Waals surface area contributed by atoms with Crippen molar-refractivity contribution in [1.29, 1.82) is 0 Å². The molecule has 110 valence electrons. The van der Waals surface area contributed by atoms with E-state index in [9.17, 15) is 4.79 Å². The summed E-state index contributed by atoms with van der Waals surface area (Å²) >= 11 is 0. The standard InChI is InChI=1S/C18H22N2O/c19-17(11-15-7-3-1-4-8-15)13-18(20,14-21)12-16-9-5-2-6-10-16/h1-10,14,17H,11-13,19-20H2/t17-,18-/m0/s1. The Bertz CT molecular complexity index is 556. The van der Waals surface area contributed by atoms with Crippen LogP contribution in [0.3, 0.4) is 0 Å². The summed E-state index contributed by atoms with van der Waals surface area (Å²) in [5.41, 5.74) is 13.7. The predicted molar refractivity (Wildman–Crippen MR) is 85.9 cm³/mol. The molecule has 3 nitrogen and oxygen atoms in total. The first-order valence-electron chi connectivity index (χ1n) is 7.20. The van der Waals surface area contributed by atoms with E-state index in [1.165, 1.54) is 0 Å². The number of carbonyl (C=O) groups excluding carboxylic acids is 1. The van der Waals surface area contributed by atoms with Crippen LogP contribution in [0.4, 0.5) is 0 Å². The SMILES string of the molecule is N[C@@H](Cc1ccccc1)C[C@](N)(C=O)Cc1ccccc1. The monoisotopic (exact) mass is 282 g/mol. The smallest absolute Gasteiger partial charge is 0.140 e. The first-order valence-corrected chi connectivity index (χ1v) is 7.20. The average molecular weight is 282 g/mol. The lowest BCUT2D eigenvalue weighted by Gasteiger charge is -2.26. The highest BCUT2D eigenvalue weighted by atomic mass is 16.1. The molecule has 0 unspecified atom stereocenters. The van der Waals surface area contributed by atoms with E-state index < -0.39 is 5.54 Å². The minimum atomic E-state index is -0.907. The lowest BCUT2D eigenvalue weighted by atomic mass is 9.85. The molecule has 0 amide bonds. The van der Waals surface area contributed by atoms with Gasteiger partial charge in [0.25, 0.3) is 0 Å². The van der Waals surface area contributed by atoms with Crippen LogP contribution < -0.4 is 11.5 Å². The van der Waals surface area contributed by atoms with Crippen LogP contribution in [-0.2, 0) is 17.6 Å². The third-order valence-corrected chi connectivity index (χ3v) is 3.59. The molecule has 0 aliphatic heterocycles. The average Bonchev–Trinajstić information content (AvgIpc) is 2.49. The van der Waals surface area contributed by atoms with Crippen molar-refractivity contribution < 1.29 is 4.79 Å². The van der Waals surface area contributed by atoms with E-state index in [0.717, 1.165) is 23.8 Å². The van der Waals surface area contributed by atoms with E-state index in [4.69, 9.17) is 11.5 Å². The van der Waals surface area contributed by atoms with Gasteiger partial charge in [-0.2, -0.15) is 0 Å². The Balaban J connectivity index is 1.98. The van der Waals surface area contributed by atoms with Crippen LogP contribution in [0.15, 0.2) is 60.7 Å². The van der Waals surface area contributed by atoms with E-state index in [0.29, 0.717) is 12.8 Å². The number of aldehydes is 1. The van der Waals surface area contributed by atoms with Crippen molar-refractivity contribution in [2.24, 2.45) is 11.5 Å². The number of hydrogen-bond acceptors (Lipinski definition) is 3. The third kappa shape index (κ3) is 4.81. The summed E-state index contributed by atoms with van der Waals surface area (Å²) in [4.78, 5) is 11.4. The minimum absolute atomic E-state index is 0.133. The Morgan fingerprint density at radius 3 is 2.00 bits per heavy atom. The van der Waals surface area contributed by atoms with Crippen molar-refractivity contribution in [3.8, 4) is 0 Å². The molecule has 0 aliphatic rings. The van der Waals surface area contributed by atoms with E-state index >= 15 is 0 Å². The fraction of sp³-hybridized carbons (Fsp3) is 0.278. The topological polar surface area (TPSA) is 69.1 Å². The largest absolute Gasteiger partial charge is 0.327 e. The van der Waals surface area contributed by atoms with Crippen molar-refractivity contribution in [3.63, 3.8) is 0 Å². The second kappa shape index (κ2) is 7.16. The van der Waals surface area contributed by atoms with Gasteiger partial charge in [0, 0.05) is 6.04 Å². The second-order valence-corrected chi connectivity index (χ2v) is 5.67. The van der Waals surface area contributed by atoms with Crippen LogP contribution in [-0.4, -0.2) is 17.9 Å². The van der Waals surface area contributed by atoms with Crippen molar-refractivity contribution in [3.05, 3.63) is 71.8 Å². The lowest BCUT2D eigenvalue weighted by Crippen LogP contribution is -2.48. The highest BCUT2D eigenvalue weighted by molar-refractivity contribution is 5.64. The quantitative estimate of drug-likeness (QED) is 0.764. The maximum atomic E-state index is 11.4. The first kappa shape index (κ1) is 15.4. The van der Waals surface area contributed by atoms with E-state index in [1.54, 1.807) is 0 Å². The Morgan fingerprint density at radius 1 is 0.952 bits per heavy atom. The molecular formula is C18H22N2O. The van der Waals surface area contributed by atoms with Crippen LogP contribution in [0.2, 0.25) is 0 Å². The molecule has 2 aromatic rings. The minimum Gasteiger partial charge on any atom is -0.327 e. The number of nitrogens with two attached hydrogens (primary N) is 2. The van der Waals surface area contributed by atoms with Crippen molar-refractivity contribution >= 4 is 6.29 Å². The van der Waals surface area contributed by atoms with Gasteiger partial charge in [-0.1, -0.05) is 60.7 Å². The zero-order valence-electron chi connectivity index (χ0n) is 12.1. The maximum Gasteiger partial charge on any atom is 0.140 e. The van der Waals surface area contributed by atoms with Gasteiger partial charge in [-0.3, -0.25) is 0 Å². The summed E-state index contributed by atoms with van der Waals surface area (Å²) < 4.78 is 0. The van der Waals surface area contributed by atoms with Gasteiger partial charge in [0.1, 0.15) is 6.29 Å². The van der Waals surface area contributed by atoms with Gasteiger partial charge < -0.3 is 16.3 Å². The molecule has 2 atom stereocenters. The van der Waals surface area contributed by atoms with Crippen LogP contribution >= 0.6 is 0 Å². The molecule has 4 N–H and O–H groups in total. The molecule has 0 spiro atoms. The fourth-order valence-corrected chi connectivity index (χ4v) is 2.62. The zero-order chi connectivity index (χ0) is 15.1. The van der Waals surface area contributed by atoms with Gasteiger partial charge in [0.05, 0.1) is 5.54 Å². The maximum absolute atomic E-state index is 11.4. The highest BCUT2D eigenvalue weighted by Crippen LogP contribution is 2.16. The molecule has 0 heterocycles. The van der Waals surface area contributed by atoms with Gasteiger partial charge in [0.2, 0.25) is 0 Å². The van der Waals surface area contributed by atoms with Crippen LogP contribution in [0.1, 0.15) is 17.5 Å². The summed E-state index contributed by atoms with van der Waals surface area (Å²) in [5, 5.41) is 0. The van der Waals surface area contributed by atoms with Crippen molar-refractivity contribution in [1.82, 2.24) is 0 Å². The van der Waals surface area contributed by atoms with Gasteiger partial charge >= 0.3 is 0 Å². The number of carbonyl (C=O) groups is 1. The lowest BCUT2D eigenvalue weighted by molar-refractivity contribution is -0.112. The molecule has 0 bridgehead atoms. The molecule has 3 heteroatoms. The molecular weight excluding hydrogens is 260 g/mol. The van der Waals surface area contributed by atoms with Gasteiger partial charge in [-0.25, -0.2) is 0 Å². The molecule has 21 heavy (non-hydrogen) atoms. The van der Waals surface area contributed by atoms with Crippen LogP contribution in [0.5, 0.6) is 0 Å². The Morgan fingerprint density at radius 2 is 1.48 bits per heavy atom. The summed E-state index contributed by atoms with van der Waals surface area (Å²) in [6.45, 7) is 0. The Labute approximate surface area is 126 Å². The first-order chi connectivity index (χ1) is 10.1. The van der Waals surface area contributed by atoms with Crippen LogP contribution in [0, 0.1) is 0 Å². The Hall–Kier alpha value is -1.97. The zero-order valence-corrected chi connectivity index (χ0v) is 12.1.